The van der Waals surface area contributed by atoms with Gasteiger partial charge in [0.25, 0.3) is 0 Å². The highest BCUT2D eigenvalue weighted by Crippen LogP contribution is 2.48. The van der Waals surface area contributed by atoms with Gasteiger partial charge in [-0.1, -0.05) is 0 Å². The molecule has 7 nitrogen and oxygen atoms in total. The summed E-state index contributed by atoms with van der Waals surface area (Å²) in [7, 11) is -2.06. The molecule has 0 aliphatic heterocycles. The number of carbonyl (C=O) groups is 1. The third-order valence-electron chi connectivity index (χ3n) is 3.63. The summed E-state index contributed by atoms with van der Waals surface area (Å²) in [5.74, 6) is -1.19. The number of H-pyrrole nitrogens is 1. The minimum atomic E-state index is -3.68. The molecule has 1 heterocycles. The molecule has 0 spiro atoms. The first kappa shape index (κ1) is 15.0. The number of hydrogen-bond donors (Lipinski definition) is 3. The van der Waals surface area contributed by atoms with Crippen LogP contribution in [0.15, 0.2) is 17.2 Å². The smallest absolute Gasteiger partial charge is 0.352 e. The van der Waals surface area contributed by atoms with Crippen molar-refractivity contribution in [3.63, 3.8) is 0 Å². The van der Waals surface area contributed by atoms with Gasteiger partial charge in [-0.2, -0.15) is 0 Å². The van der Waals surface area contributed by atoms with Gasteiger partial charge < -0.3 is 14.8 Å². The van der Waals surface area contributed by atoms with Crippen LogP contribution in [-0.2, 0) is 14.8 Å². The summed E-state index contributed by atoms with van der Waals surface area (Å²) in [5.41, 5.74) is -0.152. The lowest BCUT2D eigenvalue weighted by Crippen LogP contribution is -2.30. The number of sulfonamides is 1. The van der Waals surface area contributed by atoms with E-state index in [1.165, 1.54) is 6.20 Å². The highest BCUT2D eigenvalue weighted by molar-refractivity contribution is 7.89. The van der Waals surface area contributed by atoms with E-state index in [0.29, 0.717) is 13.2 Å². The average Bonchev–Trinajstić information content (AvgIpc) is 2.97. The fourth-order valence-electron chi connectivity index (χ4n) is 2.00. The SMILES string of the molecule is COCCC1(CNS(=O)(=O)c2c[nH]c(C(=O)O)c2)CC1. The highest BCUT2D eigenvalue weighted by Gasteiger charge is 2.42. The number of carboxylic acids is 1. The Labute approximate surface area is 117 Å². The van der Waals surface area contributed by atoms with Crippen LogP contribution >= 0.6 is 0 Å². The average molecular weight is 302 g/mol. The third kappa shape index (κ3) is 3.38. The lowest BCUT2D eigenvalue weighted by molar-refractivity contribution is 0.0691. The van der Waals surface area contributed by atoms with Crippen molar-refractivity contribution in [2.75, 3.05) is 20.3 Å². The molecule has 0 bridgehead atoms. The fraction of sp³-hybridized carbons (Fsp3) is 0.583. The van der Waals surface area contributed by atoms with E-state index in [1.54, 1.807) is 7.11 Å². The number of methoxy groups -OCH3 is 1. The predicted octanol–water partition coefficient (Wildman–Crippen LogP) is 0.808. The normalized spacial score (nSPS) is 17.1. The zero-order valence-electron chi connectivity index (χ0n) is 11.2. The molecule has 0 radical (unpaired) electrons. The standard InChI is InChI=1S/C12H18N2O5S/c1-19-5-4-12(2-3-12)8-14-20(17,18)9-6-10(11(15)16)13-7-9/h6-7,13-14H,2-5,8H2,1H3,(H,15,16). The van der Waals surface area contributed by atoms with Crippen LogP contribution in [0.3, 0.4) is 0 Å². The van der Waals surface area contributed by atoms with Crippen LogP contribution in [0.5, 0.6) is 0 Å². The molecule has 2 rings (SSSR count). The van der Waals surface area contributed by atoms with E-state index >= 15 is 0 Å². The van der Waals surface area contributed by atoms with Crippen LogP contribution in [0.1, 0.15) is 29.8 Å². The Balaban J connectivity index is 1.98. The molecular formula is C12H18N2O5S. The van der Waals surface area contributed by atoms with E-state index < -0.39 is 16.0 Å². The summed E-state index contributed by atoms with van der Waals surface area (Å²) in [6.45, 7) is 0.960. The van der Waals surface area contributed by atoms with Gasteiger partial charge in [0.2, 0.25) is 10.0 Å². The fourth-order valence-corrected chi connectivity index (χ4v) is 3.14. The molecule has 0 unspecified atom stereocenters. The zero-order chi connectivity index (χ0) is 14.8. The van der Waals surface area contributed by atoms with Gasteiger partial charge in [0, 0.05) is 26.5 Å². The Bertz CT molecular complexity index is 589. The maximum absolute atomic E-state index is 12.1. The van der Waals surface area contributed by atoms with Gasteiger partial charge in [-0.15, -0.1) is 0 Å². The first-order chi connectivity index (χ1) is 9.38. The number of aromatic amines is 1. The van der Waals surface area contributed by atoms with Gasteiger partial charge in [0.05, 0.1) is 0 Å². The number of carboxylic acid groups (broad SMARTS) is 1. The Morgan fingerprint density at radius 3 is 2.75 bits per heavy atom. The van der Waals surface area contributed by atoms with Gasteiger partial charge in [0.15, 0.2) is 0 Å². The number of aromatic nitrogens is 1. The Kier molecular flexibility index (Phi) is 4.17. The minimum Gasteiger partial charge on any atom is -0.477 e. The zero-order valence-corrected chi connectivity index (χ0v) is 12.0. The molecule has 3 N–H and O–H groups in total. The van der Waals surface area contributed by atoms with Crippen LogP contribution in [0, 0.1) is 5.41 Å². The van der Waals surface area contributed by atoms with Crippen LogP contribution in [0.4, 0.5) is 0 Å². The van der Waals surface area contributed by atoms with E-state index in [2.05, 4.69) is 9.71 Å². The van der Waals surface area contributed by atoms with Crippen molar-refractivity contribution < 1.29 is 23.1 Å². The molecular weight excluding hydrogens is 284 g/mol. The Hall–Kier alpha value is -1.38. The second-order valence-corrected chi connectivity index (χ2v) is 6.89. The minimum absolute atomic E-state index is 0.00495. The maximum Gasteiger partial charge on any atom is 0.352 e. The summed E-state index contributed by atoms with van der Waals surface area (Å²) in [6, 6.07) is 1.11. The first-order valence-corrected chi connectivity index (χ1v) is 7.77. The lowest BCUT2D eigenvalue weighted by atomic mass is 10.0. The first-order valence-electron chi connectivity index (χ1n) is 6.29. The van der Waals surface area contributed by atoms with E-state index in [-0.39, 0.29) is 16.0 Å². The summed E-state index contributed by atoms with van der Waals surface area (Å²) in [4.78, 5) is 13.1. The maximum atomic E-state index is 12.1. The van der Waals surface area contributed by atoms with E-state index in [0.717, 1.165) is 25.3 Å². The van der Waals surface area contributed by atoms with Crippen molar-refractivity contribution in [2.45, 2.75) is 24.2 Å². The number of hydrogen-bond acceptors (Lipinski definition) is 4. The molecule has 0 saturated heterocycles. The Morgan fingerprint density at radius 1 is 1.55 bits per heavy atom. The summed E-state index contributed by atoms with van der Waals surface area (Å²) < 4.78 is 31.7. The molecule has 20 heavy (non-hydrogen) atoms. The summed E-state index contributed by atoms with van der Waals surface area (Å²) in [6.07, 6.45) is 3.96. The van der Waals surface area contributed by atoms with Crippen molar-refractivity contribution in [2.24, 2.45) is 5.41 Å². The highest BCUT2D eigenvalue weighted by atomic mass is 32.2. The summed E-state index contributed by atoms with van der Waals surface area (Å²) >= 11 is 0. The summed E-state index contributed by atoms with van der Waals surface area (Å²) in [5, 5.41) is 8.77. The molecule has 1 aliphatic carbocycles. The van der Waals surface area contributed by atoms with E-state index in [4.69, 9.17) is 9.84 Å². The van der Waals surface area contributed by atoms with Crippen molar-refractivity contribution >= 4 is 16.0 Å². The van der Waals surface area contributed by atoms with Crippen LogP contribution < -0.4 is 4.72 Å². The van der Waals surface area contributed by atoms with Gasteiger partial charge >= 0.3 is 5.97 Å². The predicted molar refractivity (Wildman–Crippen MR) is 71.1 cm³/mol. The molecule has 8 heteroatoms. The largest absolute Gasteiger partial charge is 0.477 e. The Morgan fingerprint density at radius 2 is 2.25 bits per heavy atom. The lowest BCUT2D eigenvalue weighted by Gasteiger charge is -2.15. The molecule has 0 amide bonds. The molecule has 0 atom stereocenters. The van der Waals surface area contributed by atoms with Gasteiger partial charge in [-0.25, -0.2) is 17.9 Å². The quantitative estimate of drug-likeness (QED) is 0.658. The molecule has 1 aromatic rings. The van der Waals surface area contributed by atoms with Crippen molar-refractivity contribution in [1.82, 2.24) is 9.71 Å². The topological polar surface area (TPSA) is 108 Å². The van der Waals surface area contributed by atoms with Crippen LogP contribution in [0.25, 0.3) is 0 Å². The van der Waals surface area contributed by atoms with Crippen LogP contribution in [-0.4, -0.2) is 44.7 Å². The third-order valence-corrected chi connectivity index (χ3v) is 5.01. The van der Waals surface area contributed by atoms with Crippen molar-refractivity contribution in [3.05, 3.63) is 18.0 Å². The molecule has 0 aromatic carbocycles. The molecule has 1 saturated carbocycles. The second-order valence-electron chi connectivity index (χ2n) is 5.12. The molecule has 1 aromatic heterocycles. The second kappa shape index (κ2) is 5.55. The van der Waals surface area contributed by atoms with Crippen LogP contribution in [0.2, 0.25) is 0 Å². The number of rotatable bonds is 8. The van der Waals surface area contributed by atoms with E-state index in [1.807, 2.05) is 0 Å². The van der Waals surface area contributed by atoms with Crippen molar-refractivity contribution in [3.8, 4) is 0 Å². The number of nitrogens with one attached hydrogen (secondary N) is 2. The number of aromatic carboxylic acids is 1. The molecule has 112 valence electrons. The molecule has 1 aliphatic rings. The van der Waals surface area contributed by atoms with E-state index in [9.17, 15) is 13.2 Å². The monoisotopic (exact) mass is 302 g/mol. The van der Waals surface area contributed by atoms with Gasteiger partial charge in [-0.05, 0) is 30.7 Å². The van der Waals surface area contributed by atoms with Crippen molar-refractivity contribution in [1.29, 1.82) is 0 Å². The molecule has 1 fully saturated rings. The van der Waals surface area contributed by atoms with Gasteiger partial charge in [0.1, 0.15) is 10.6 Å². The number of ether oxygens (including phenoxy) is 1. The van der Waals surface area contributed by atoms with Gasteiger partial charge in [-0.3, -0.25) is 0 Å².